The van der Waals surface area contributed by atoms with Crippen molar-refractivity contribution >= 4 is 5.91 Å². The number of nitrogens with one attached hydrogen (secondary N) is 1. The van der Waals surface area contributed by atoms with Gasteiger partial charge < -0.3 is 14.8 Å². The third kappa shape index (κ3) is 5.82. The van der Waals surface area contributed by atoms with Crippen molar-refractivity contribution in [3.8, 4) is 11.5 Å². The molecule has 2 aromatic carbocycles. The molecule has 0 spiro atoms. The highest BCUT2D eigenvalue weighted by Crippen LogP contribution is 2.19. The molecule has 134 valence electrons. The lowest BCUT2D eigenvalue weighted by molar-refractivity contribution is -0.127. The molecule has 0 aliphatic rings. The first kappa shape index (κ1) is 18.8. The number of carbonyl (C=O) groups is 1. The minimum absolute atomic E-state index is 0.143. The maximum absolute atomic E-state index is 12.2. The molecule has 0 saturated heterocycles. The summed E-state index contributed by atoms with van der Waals surface area (Å²) in [5.41, 5.74) is 2.37. The van der Waals surface area contributed by atoms with Crippen molar-refractivity contribution < 1.29 is 14.3 Å². The number of benzene rings is 2. The second-order valence-corrected chi connectivity index (χ2v) is 5.86. The molecular weight excluding hydrogens is 314 g/mol. The minimum Gasteiger partial charge on any atom is -0.492 e. The molecule has 2 rings (SSSR count). The van der Waals surface area contributed by atoms with Crippen LogP contribution in [0.5, 0.6) is 11.5 Å². The molecule has 1 amide bonds. The monoisotopic (exact) mass is 341 g/mol. The summed E-state index contributed by atoms with van der Waals surface area (Å²) in [5, 5.41) is 2.84. The van der Waals surface area contributed by atoms with Crippen LogP contribution in [0.15, 0.2) is 48.5 Å². The van der Waals surface area contributed by atoms with Crippen molar-refractivity contribution in [3.63, 3.8) is 0 Å². The molecule has 2 aromatic rings. The van der Waals surface area contributed by atoms with Crippen LogP contribution in [0.2, 0.25) is 0 Å². The van der Waals surface area contributed by atoms with E-state index in [1.807, 2.05) is 36.4 Å². The van der Waals surface area contributed by atoms with E-state index in [4.69, 9.17) is 9.47 Å². The van der Waals surface area contributed by atoms with E-state index in [1.54, 1.807) is 6.92 Å². The van der Waals surface area contributed by atoms with Crippen LogP contribution in [0.3, 0.4) is 0 Å². The second kappa shape index (κ2) is 9.72. The number of amides is 1. The van der Waals surface area contributed by atoms with Gasteiger partial charge in [-0.2, -0.15) is 0 Å². The first-order chi connectivity index (χ1) is 12.1. The Morgan fingerprint density at radius 2 is 1.76 bits per heavy atom. The Morgan fingerprint density at radius 1 is 1.04 bits per heavy atom. The summed E-state index contributed by atoms with van der Waals surface area (Å²) in [4.78, 5) is 12.2. The summed E-state index contributed by atoms with van der Waals surface area (Å²) in [6, 6.07) is 15.8. The molecule has 0 aliphatic carbocycles. The van der Waals surface area contributed by atoms with Crippen molar-refractivity contribution in [2.75, 3.05) is 13.2 Å². The van der Waals surface area contributed by atoms with Crippen LogP contribution in [0.1, 0.15) is 31.9 Å². The van der Waals surface area contributed by atoms with Crippen LogP contribution >= 0.6 is 0 Å². The zero-order valence-electron chi connectivity index (χ0n) is 15.2. The van der Waals surface area contributed by atoms with Gasteiger partial charge in [0.25, 0.3) is 5.91 Å². The fourth-order valence-corrected chi connectivity index (χ4v) is 2.46. The van der Waals surface area contributed by atoms with Gasteiger partial charge in [0.15, 0.2) is 6.10 Å². The molecule has 25 heavy (non-hydrogen) atoms. The van der Waals surface area contributed by atoms with Gasteiger partial charge in [-0.15, -0.1) is 0 Å². The molecule has 1 N–H and O–H groups in total. The summed E-state index contributed by atoms with van der Waals surface area (Å²) in [5.74, 6) is 1.43. The van der Waals surface area contributed by atoms with Crippen LogP contribution in [-0.4, -0.2) is 25.2 Å². The van der Waals surface area contributed by atoms with E-state index in [-0.39, 0.29) is 5.91 Å². The number of carbonyl (C=O) groups excluding carboxylic acids is 1. The molecule has 1 unspecified atom stereocenters. The molecule has 0 aromatic heterocycles. The van der Waals surface area contributed by atoms with Crippen LogP contribution in [0.25, 0.3) is 0 Å². The fraction of sp³-hybridized carbons (Fsp3) is 0.381. The van der Waals surface area contributed by atoms with Crippen molar-refractivity contribution in [3.05, 3.63) is 59.7 Å². The van der Waals surface area contributed by atoms with Crippen molar-refractivity contribution in [1.82, 2.24) is 5.32 Å². The van der Waals surface area contributed by atoms with E-state index < -0.39 is 6.10 Å². The normalized spacial score (nSPS) is 11.6. The summed E-state index contributed by atoms with van der Waals surface area (Å²) in [7, 11) is 0. The van der Waals surface area contributed by atoms with Gasteiger partial charge in [0.2, 0.25) is 0 Å². The Bertz CT molecular complexity index is 667. The SMILES string of the molecule is CCc1ccc(OCCNC(=O)C(C)Oc2ccccc2CC)cc1. The molecule has 0 aliphatic heterocycles. The quantitative estimate of drug-likeness (QED) is 0.706. The molecular formula is C21H27NO3. The molecule has 4 heteroatoms. The highest BCUT2D eigenvalue weighted by atomic mass is 16.5. The Morgan fingerprint density at radius 3 is 2.44 bits per heavy atom. The van der Waals surface area contributed by atoms with Gasteiger partial charge in [0, 0.05) is 0 Å². The highest BCUT2D eigenvalue weighted by molar-refractivity contribution is 5.80. The van der Waals surface area contributed by atoms with Gasteiger partial charge in [-0.05, 0) is 49.1 Å². The van der Waals surface area contributed by atoms with Crippen LogP contribution in [0.4, 0.5) is 0 Å². The van der Waals surface area contributed by atoms with Crippen LogP contribution in [-0.2, 0) is 17.6 Å². The van der Waals surface area contributed by atoms with Crippen LogP contribution < -0.4 is 14.8 Å². The zero-order valence-corrected chi connectivity index (χ0v) is 15.2. The zero-order chi connectivity index (χ0) is 18.1. The van der Waals surface area contributed by atoms with Gasteiger partial charge >= 0.3 is 0 Å². The topological polar surface area (TPSA) is 47.6 Å². The van der Waals surface area contributed by atoms with Gasteiger partial charge in [0.1, 0.15) is 18.1 Å². The largest absolute Gasteiger partial charge is 0.492 e. The second-order valence-electron chi connectivity index (χ2n) is 5.86. The van der Waals surface area contributed by atoms with Gasteiger partial charge in [-0.25, -0.2) is 0 Å². The standard InChI is InChI=1S/C21H27NO3/c1-4-17-10-12-19(13-11-17)24-15-14-22-21(23)16(3)25-20-9-7-6-8-18(20)5-2/h6-13,16H,4-5,14-15H2,1-3H3,(H,22,23). The maximum Gasteiger partial charge on any atom is 0.260 e. The first-order valence-corrected chi connectivity index (χ1v) is 8.88. The number of para-hydroxylation sites is 1. The predicted octanol–water partition coefficient (Wildman–Crippen LogP) is 3.77. The minimum atomic E-state index is -0.545. The van der Waals surface area contributed by atoms with E-state index >= 15 is 0 Å². The molecule has 1 atom stereocenters. The Labute approximate surface area is 150 Å². The third-order valence-corrected chi connectivity index (χ3v) is 4.03. The lowest BCUT2D eigenvalue weighted by atomic mass is 10.1. The average Bonchev–Trinajstić information content (AvgIpc) is 2.65. The Hall–Kier alpha value is -2.49. The van der Waals surface area contributed by atoms with Crippen molar-refractivity contribution in [1.29, 1.82) is 0 Å². The number of ether oxygens (including phenoxy) is 2. The Kier molecular flexibility index (Phi) is 7.33. The smallest absolute Gasteiger partial charge is 0.260 e. The number of hydrogen-bond acceptors (Lipinski definition) is 3. The van der Waals surface area contributed by atoms with Gasteiger partial charge in [-0.3, -0.25) is 4.79 Å². The predicted molar refractivity (Wildman–Crippen MR) is 100 cm³/mol. The van der Waals surface area contributed by atoms with Gasteiger partial charge in [-0.1, -0.05) is 44.2 Å². The van der Waals surface area contributed by atoms with E-state index in [2.05, 4.69) is 31.3 Å². The van der Waals surface area contributed by atoms with E-state index in [1.165, 1.54) is 5.56 Å². The lowest BCUT2D eigenvalue weighted by Crippen LogP contribution is -2.38. The van der Waals surface area contributed by atoms with Crippen molar-refractivity contribution in [2.24, 2.45) is 0 Å². The van der Waals surface area contributed by atoms with E-state index in [0.29, 0.717) is 13.2 Å². The third-order valence-electron chi connectivity index (χ3n) is 4.03. The first-order valence-electron chi connectivity index (χ1n) is 8.88. The molecule has 0 fully saturated rings. The van der Waals surface area contributed by atoms with Gasteiger partial charge in [0.05, 0.1) is 6.54 Å². The molecule has 0 bridgehead atoms. The Balaban J connectivity index is 1.73. The summed E-state index contributed by atoms with van der Waals surface area (Å²) in [6.07, 6.45) is 1.33. The lowest BCUT2D eigenvalue weighted by Gasteiger charge is -2.17. The molecule has 0 saturated carbocycles. The van der Waals surface area contributed by atoms with Crippen LogP contribution in [0, 0.1) is 0 Å². The number of hydrogen-bond donors (Lipinski definition) is 1. The molecule has 4 nitrogen and oxygen atoms in total. The summed E-state index contributed by atoms with van der Waals surface area (Å²) in [6.45, 7) is 6.81. The number of rotatable bonds is 9. The summed E-state index contributed by atoms with van der Waals surface area (Å²) < 4.78 is 11.4. The van der Waals surface area contributed by atoms with E-state index in [9.17, 15) is 4.79 Å². The average molecular weight is 341 g/mol. The molecule has 0 heterocycles. The fourth-order valence-electron chi connectivity index (χ4n) is 2.46. The highest BCUT2D eigenvalue weighted by Gasteiger charge is 2.15. The number of aryl methyl sites for hydroxylation is 2. The summed E-state index contributed by atoms with van der Waals surface area (Å²) >= 11 is 0. The van der Waals surface area contributed by atoms with Crippen molar-refractivity contribution in [2.45, 2.75) is 39.7 Å². The van der Waals surface area contributed by atoms with E-state index in [0.717, 1.165) is 29.9 Å². The molecule has 0 radical (unpaired) electrons. The maximum atomic E-state index is 12.2.